The fourth-order valence-electron chi connectivity index (χ4n) is 1.65. The van der Waals surface area contributed by atoms with E-state index < -0.39 is 0 Å². The first-order chi connectivity index (χ1) is 6.05. The van der Waals surface area contributed by atoms with E-state index in [0.717, 1.165) is 0 Å². The predicted molar refractivity (Wildman–Crippen MR) is 89.2 cm³/mol. The van der Waals surface area contributed by atoms with Gasteiger partial charge in [-0.3, -0.25) is 0 Å². The quantitative estimate of drug-likeness (QED) is 0.506. The molecular formula is C15H31PSn. The molecular weight excluding hydrogens is 330 g/mol. The average molecular weight is 361 g/mol. The number of hydrogen-bond acceptors (Lipinski definition) is 0. The molecule has 0 aliphatic rings. The van der Waals surface area contributed by atoms with Crippen LogP contribution in [0, 0.1) is 0 Å². The van der Waals surface area contributed by atoms with Crippen LogP contribution in [0.3, 0.4) is 0 Å². The standard InChI is InChI=1S/C12H19P.3CH4.Sn/c1-5-13(12(2,3)4)11-9-7-6-8-10-11;;;;/h6-10H,5H2,1-4H3;3*1H4;. The smallest absolute Gasteiger partial charge is 0 e. The van der Waals surface area contributed by atoms with Crippen LogP contribution in [0.1, 0.15) is 50.0 Å². The Morgan fingerprint density at radius 1 is 0.941 bits per heavy atom. The van der Waals surface area contributed by atoms with Gasteiger partial charge in [-0.25, -0.2) is 0 Å². The summed E-state index contributed by atoms with van der Waals surface area (Å²) in [5.41, 5.74) is 0. The van der Waals surface area contributed by atoms with Crippen LogP contribution in [0.15, 0.2) is 30.3 Å². The van der Waals surface area contributed by atoms with Crippen LogP contribution in [0.2, 0.25) is 0 Å². The van der Waals surface area contributed by atoms with Crippen molar-refractivity contribution in [2.75, 3.05) is 6.16 Å². The third-order valence-electron chi connectivity index (χ3n) is 2.19. The summed E-state index contributed by atoms with van der Waals surface area (Å²) >= 11 is 0. The molecule has 0 fully saturated rings. The van der Waals surface area contributed by atoms with Crippen LogP contribution in [-0.4, -0.2) is 35.2 Å². The van der Waals surface area contributed by atoms with Crippen LogP contribution in [0.5, 0.6) is 0 Å². The van der Waals surface area contributed by atoms with Crippen molar-refractivity contribution in [1.29, 1.82) is 0 Å². The van der Waals surface area contributed by atoms with Gasteiger partial charge in [0.15, 0.2) is 0 Å². The van der Waals surface area contributed by atoms with E-state index in [4.69, 9.17) is 0 Å². The number of benzene rings is 1. The first-order valence-corrected chi connectivity index (χ1v) is 6.41. The van der Waals surface area contributed by atoms with Gasteiger partial charge in [-0.2, -0.15) is 0 Å². The first-order valence-electron chi connectivity index (χ1n) is 4.88. The molecule has 0 saturated heterocycles. The van der Waals surface area contributed by atoms with E-state index >= 15 is 0 Å². The van der Waals surface area contributed by atoms with E-state index in [9.17, 15) is 0 Å². The molecule has 0 aliphatic carbocycles. The van der Waals surface area contributed by atoms with Crippen molar-refractivity contribution >= 4 is 37.1 Å². The Labute approximate surface area is 128 Å². The van der Waals surface area contributed by atoms with E-state index in [-0.39, 0.29) is 54.1 Å². The molecule has 0 N–H and O–H groups in total. The van der Waals surface area contributed by atoms with Crippen LogP contribution < -0.4 is 5.30 Å². The second-order valence-electron chi connectivity index (χ2n) is 4.25. The molecule has 100 valence electrons. The second kappa shape index (κ2) is 11.5. The van der Waals surface area contributed by atoms with Gasteiger partial charge in [0.1, 0.15) is 0 Å². The van der Waals surface area contributed by atoms with Crippen LogP contribution in [0.25, 0.3) is 0 Å². The molecule has 1 rings (SSSR count). The molecule has 0 heterocycles. The third-order valence-corrected chi connectivity index (χ3v) is 5.37. The molecule has 0 aromatic heterocycles. The maximum absolute atomic E-state index is 2.34. The molecule has 0 spiro atoms. The van der Waals surface area contributed by atoms with E-state index in [1.807, 2.05) is 0 Å². The Morgan fingerprint density at radius 2 is 1.35 bits per heavy atom. The summed E-state index contributed by atoms with van der Waals surface area (Å²) in [6.07, 6.45) is 1.28. The number of rotatable bonds is 2. The zero-order valence-electron chi connectivity index (χ0n) is 9.54. The Balaban J connectivity index is -0.000000211. The predicted octanol–water partition coefficient (Wildman–Crippen LogP) is 5.14. The van der Waals surface area contributed by atoms with Crippen LogP contribution in [-0.2, 0) is 0 Å². The maximum Gasteiger partial charge on any atom is 0 e. The van der Waals surface area contributed by atoms with Gasteiger partial charge in [0.05, 0.1) is 0 Å². The molecule has 0 saturated carbocycles. The van der Waals surface area contributed by atoms with Crippen molar-refractivity contribution in [3.63, 3.8) is 0 Å². The molecule has 0 amide bonds. The van der Waals surface area contributed by atoms with Crippen molar-refractivity contribution in [2.45, 2.75) is 55.1 Å². The minimum Gasteiger partial charge on any atom is -0.0776 e. The molecule has 2 heteroatoms. The maximum atomic E-state index is 2.34. The van der Waals surface area contributed by atoms with Crippen molar-refractivity contribution in [2.24, 2.45) is 0 Å². The van der Waals surface area contributed by atoms with Crippen LogP contribution >= 0.6 is 7.92 Å². The topological polar surface area (TPSA) is 0 Å². The van der Waals surface area contributed by atoms with Gasteiger partial charge >= 0.3 is 0 Å². The molecule has 17 heavy (non-hydrogen) atoms. The molecule has 0 bridgehead atoms. The van der Waals surface area contributed by atoms with Gasteiger partial charge in [-0.1, -0.05) is 88.2 Å². The third kappa shape index (κ3) is 8.21. The summed E-state index contributed by atoms with van der Waals surface area (Å²) in [6.45, 7) is 9.32. The summed E-state index contributed by atoms with van der Waals surface area (Å²) in [5.74, 6) is 0. The van der Waals surface area contributed by atoms with Crippen molar-refractivity contribution < 1.29 is 0 Å². The summed E-state index contributed by atoms with van der Waals surface area (Å²) < 4.78 is 0. The summed E-state index contributed by atoms with van der Waals surface area (Å²) in [7, 11) is 0.00540. The molecule has 1 unspecified atom stereocenters. The first kappa shape index (κ1) is 26.1. The van der Waals surface area contributed by atoms with E-state index in [0.29, 0.717) is 5.16 Å². The fraction of sp³-hybridized carbons (Fsp3) is 0.600. The Morgan fingerprint density at radius 3 is 1.65 bits per heavy atom. The average Bonchev–Trinajstić information content (AvgIpc) is 2.05. The van der Waals surface area contributed by atoms with Crippen molar-refractivity contribution in [1.82, 2.24) is 0 Å². The van der Waals surface area contributed by atoms with E-state index in [2.05, 4.69) is 58.0 Å². The SMILES string of the molecule is C.C.C.CCP(c1ccccc1)C(C)(C)C.[Sn]. The van der Waals surface area contributed by atoms with Crippen LogP contribution in [0.4, 0.5) is 0 Å². The largest absolute Gasteiger partial charge is 0.0776 e. The zero-order chi connectivity index (χ0) is 9.90. The summed E-state index contributed by atoms with van der Waals surface area (Å²) in [4.78, 5) is 0. The Hall–Kier alpha value is 0.449. The molecule has 0 nitrogen and oxygen atoms in total. The van der Waals surface area contributed by atoms with Crippen molar-refractivity contribution in [3.05, 3.63) is 30.3 Å². The molecule has 0 aliphatic heterocycles. The summed E-state index contributed by atoms with van der Waals surface area (Å²) in [6, 6.07) is 10.9. The zero-order valence-corrected chi connectivity index (χ0v) is 13.3. The second-order valence-corrected chi connectivity index (χ2v) is 7.60. The minimum atomic E-state index is 0. The van der Waals surface area contributed by atoms with Crippen molar-refractivity contribution in [3.8, 4) is 0 Å². The van der Waals surface area contributed by atoms with Gasteiger partial charge in [0.25, 0.3) is 0 Å². The molecule has 1 aromatic rings. The van der Waals surface area contributed by atoms with Gasteiger partial charge < -0.3 is 0 Å². The van der Waals surface area contributed by atoms with Gasteiger partial charge in [-0.15, -0.1) is 0 Å². The summed E-state index contributed by atoms with van der Waals surface area (Å²) in [5, 5.41) is 1.97. The number of hydrogen-bond donors (Lipinski definition) is 0. The van der Waals surface area contributed by atoms with Gasteiger partial charge in [0, 0.05) is 23.9 Å². The van der Waals surface area contributed by atoms with Gasteiger partial charge in [-0.05, 0) is 16.6 Å². The van der Waals surface area contributed by atoms with E-state index in [1.54, 1.807) is 0 Å². The monoisotopic (exact) mass is 362 g/mol. The normalized spacial score (nSPS) is 10.8. The Bertz CT molecular complexity index is 251. The molecule has 1 aromatic carbocycles. The minimum absolute atomic E-state index is 0. The molecule has 4 radical (unpaired) electrons. The van der Waals surface area contributed by atoms with E-state index in [1.165, 1.54) is 11.5 Å². The molecule has 1 atom stereocenters. The van der Waals surface area contributed by atoms with Gasteiger partial charge in [0.2, 0.25) is 0 Å². The Kier molecular flexibility index (Phi) is 17.7. The fourth-order valence-corrected chi connectivity index (χ4v) is 4.27.